The van der Waals surface area contributed by atoms with E-state index in [-0.39, 0.29) is 5.54 Å². The molecule has 2 atom stereocenters. The first kappa shape index (κ1) is 14.0. The highest BCUT2D eigenvalue weighted by Crippen LogP contribution is 2.28. The van der Waals surface area contributed by atoms with Gasteiger partial charge in [0.1, 0.15) is 0 Å². The Balaban J connectivity index is 2.80. The van der Waals surface area contributed by atoms with Gasteiger partial charge in [0.15, 0.2) is 0 Å². The Bertz CT molecular complexity index is 222. The summed E-state index contributed by atoms with van der Waals surface area (Å²) >= 11 is 0. The van der Waals surface area contributed by atoms with E-state index in [9.17, 15) is 0 Å². The molecule has 1 rings (SSSR count). The predicted octanol–water partition coefficient (Wildman–Crippen LogP) is 2.98. The third kappa shape index (κ3) is 2.98. The zero-order chi connectivity index (χ0) is 12.7. The minimum atomic E-state index is 0.281. The Morgan fingerprint density at radius 1 is 0.750 bits per heavy atom. The molecule has 2 nitrogen and oxygen atoms in total. The van der Waals surface area contributed by atoms with E-state index in [1.807, 2.05) is 0 Å². The second-order valence-electron chi connectivity index (χ2n) is 7.35. The van der Waals surface area contributed by atoms with Gasteiger partial charge in [-0.1, -0.05) is 0 Å². The molecule has 0 amide bonds. The summed E-state index contributed by atoms with van der Waals surface area (Å²) < 4.78 is 0. The molecule has 0 aromatic rings. The summed E-state index contributed by atoms with van der Waals surface area (Å²) in [6.45, 7) is 21.0. The normalized spacial score (nSPS) is 30.8. The summed E-state index contributed by atoms with van der Waals surface area (Å²) in [4.78, 5) is 5.28. The van der Waals surface area contributed by atoms with Gasteiger partial charge in [-0.15, -0.1) is 0 Å². The van der Waals surface area contributed by atoms with Gasteiger partial charge in [-0.05, 0) is 55.4 Å². The van der Waals surface area contributed by atoms with Crippen LogP contribution in [0.2, 0.25) is 0 Å². The van der Waals surface area contributed by atoms with E-state index in [2.05, 4.69) is 65.2 Å². The van der Waals surface area contributed by atoms with Crippen molar-refractivity contribution in [3.63, 3.8) is 0 Å². The minimum Gasteiger partial charge on any atom is -0.295 e. The Hall–Kier alpha value is -0.0800. The molecule has 0 radical (unpaired) electrons. The Labute approximate surface area is 102 Å². The Morgan fingerprint density at radius 2 is 1.12 bits per heavy atom. The quantitative estimate of drug-likeness (QED) is 0.626. The molecule has 1 aliphatic rings. The van der Waals surface area contributed by atoms with Crippen LogP contribution in [0.1, 0.15) is 55.4 Å². The third-order valence-electron chi connectivity index (χ3n) is 3.64. The van der Waals surface area contributed by atoms with Crippen molar-refractivity contribution in [2.45, 2.75) is 78.6 Å². The van der Waals surface area contributed by atoms with Gasteiger partial charge in [-0.25, -0.2) is 0 Å². The molecule has 1 heterocycles. The Morgan fingerprint density at radius 3 is 1.38 bits per heavy atom. The monoisotopic (exact) mass is 226 g/mol. The molecular weight excluding hydrogens is 196 g/mol. The van der Waals surface area contributed by atoms with Crippen molar-refractivity contribution in [2.75, 3.05) is 13.1 Å². The van der Waals surface area contributed by atoms with E-state index in [0.29, 0.717) is 17.6 Å². The van der Waals surface area contributed by atoms with Crippen LogP contribution in [0.5, 0.6) is 0 Å². The fraction of sp³-hybridized carbons (Fsp3) is 1.00. The fourth-order valence-electron chi connectivity index (χ4n) is 3.19. The highest BCUT2D eigenvalue weighted by atomic mass is 15.3. The summed E-state index contributed by atoms with van der Waals surface area (Å²) in [7, 11) is 0. The van der Waals surface area contributed by atoms with Crippen molar-refractivity contribution >= 4 is 0 Å². The maximum absolute atomic E-state index is 2.66. The van der Waals surface area contributed by atoms with Crippen LogP contribution < -0.4 is 0 Å². The highest BCUT2D eigenvalue weighted by Gasteiger charge is 2.38. The topological polar surface area (TPSA) is 6.48 Å². The number of nitrogens with zero attached hydrogens (tertiary/aromatic N) is 2. The maximum Gasteiger partial charge on any atom is 0.0203 e. The van der Waals surface area contributed by atoms with E-state index in [1.54, 1.807) is 0 Å². The number of hydrogen-bond acceptors (Lipinski definition) is 2. The molecule has 1 aliphatic heterocycles. The van der Waals surface area contributed by atoms with Gasteiger partial charge in [0.05, 0.1) is 0 Å². The van der Waals surface area contributed by atoms with Crippen LogP contribution in [0, 0.1) is 0 Å². The lowest BCUT2D eigenvalue weighted by molar-refractivity contribution is -0.0500. The lowest BCUT2D eigenvalue weighted by Crippen LogP contribution is -2.65. The first-order chi connectivity index (χ1) is 7.03. The molecule has 0 spiro atoms. The largest absolute Gasteiger partial charge is 0.295 e. The second-order valence-corrected chi connectivity index (χ2v) is 7.35. The molecule has 2 heteroatoms. The summed E-state index contributed by atoms with van der Waals surface area (Å²) in [5.74, 6) is 0. The zero-order valence-electron chi connectivity index (χ0n) is 12.5. The lowest BCUT2D eigenvalue weighted by Gasteiger charge is -2.53. The van der Waals surface area contributed by atoms with Crippen LogP contribution in [-0.4, -0.2) is 46.1 Å². The molecule has 0 N–H and O–H groups in total. The van der Waals surface area contributed by atoms with Gasteiger partial charge in [0.25, 0.3) is 0 Å². The van der Waals surface area contributed by atoms with Crippen LogP contribution in [-0.2, 0) is 0 Å². The lowest BCUT2D eigenvalue weighted by atomic mass is 9.94. The number of rotatable bonds is 0. The van der Waals surface area contributed by atoms with Crippen LogP contribution in [0.3, 0.4) is 0 Å². The molecule has 16 heavy (non-hydrogen) atoms. The van der Waals surface area contributed by atoms with Crippen LogP contribution >= 0.6 is 0 Å². The summed E-state index contributed by atoms with van der Waals surface area (Å²) in [5.41, 5.74) is 0.579. The molecular formula is C14H30N2. The van der Waals surface area contributed by atoms with Crippen LogP contribution in [0.15, 0.2) is 0 Å². The minimum absolute atomic E-state index is 0.281. The SMILES string of the molecule is CC1CN(C(C)(C)C)CC(C)N1C(C)(C)C. The van der Waals surface area contributed by atoms with E-state index >= 15 is 0 Å². The summed E-state index contributed by atoms with van der Waals surface area (Å²) in [6.07, 6.45) is 0. The van der Waals surface area contributed by atoms with Crippen molar-refractivity contribution in [1.29, 1.82) is 0 Å². The van der Waals surface area contributed by atoms with Crippen molar-refractivity contribution in [1.82, 2.24) is 9.80 Å². The Kier molecular flexibility index (Phi) is 3.76. The van der Waals surface area contributed by atoms with Gasteiger partial charge in [-0.2, -0.15) is 0 Å². The van der Waals surface area contributed by atoms with Gasteiger partial charge in [0.2, 0.25) is 0 Å². The third-order valence-corrected chi connectivity index (χ3v) is 3.64. The summed E-state index contributed by atoms with van der Waals surface area (Å²) in [6, 6.07) is 1.28. The van der Waals surface area contributed by atoms with E-state index < -0.39 is 0 Å². The average molecular weight is 226 g/mol. The molecule has 0 bridgehead atoms. The average Bonchev–Trinajstić information content (AvgIpc) is 1.97. The molecule has 0 aliphatic carbocycles. The van der Waals surface area contributed by atoms with Crippen molar-refractivity contribution in [2.24, 2.45) is 0 Å². The molecule has 1 saturated heterocycles. The van der Waals surface area contributed by atoms with E-state index in [0.717, 1.165) is 0 Å². The molecule has 1 fully saturated rings. The van der Waals surface area contributed by atoms with E-state index in [4.69, 9.17) is 0 Å². The van der Waals surface area contributed by atoms with Gasteiger partial charge < -0.3 is 0 Å². The van der Waals surface area contributed by atoms with Gasteiger partial charge in [-0.3, -0.25) is 9.80 Å². The molecule has 0 aromatic carbocycles. The second kappa shape index (κ2) is 4.30. The molecule has 0 saturated carbocycles. The van der Waals surface area contributed by atoms with Crippen molar-refractivity contribution < 1.29 is 0 Å². The van der Waals surface area contributed by atoms with Crippen LogP contribution in [0.4, 0.5) is 0 Å². The predicted molar refractivity (Wildman–Crippen MR) is 71.8 cm³/mol. The van der Waals surface area contributed by atoms with Crippen molar-refractivity contribution in [3.8, 4) is 0 Å². The van der Waals surface area contributed by atoms with E-state index in [1.165, 1.54) is 13.1 Å². The molecule has 96 valence electrons. The maximum atomic E-state index is 2.66. The van der Waals surface area contributed by atoms with Gasteiger partial charge >= 0.3 is 0 Å². The molecule has 0 aromatic heterocycles. The standard InChI is InChI=1S/C14H30N2/c1-11-9-15(13(3,4)5)10-12(2)16(11)14(6,7)8/h11-12H,9-10H2,1-8H3. The first-order valence-corrected chi connectivity index (χ1v) is 6.57. The first-order valence-electron chi connectivity index (χ1n) is 6.57. The molecule has 2 unspecified atom stereocenters. The fourth-order valence-corrected chi connectivity index (χ4v) is 3.19. The smallest absolute Gasteiger partial charge is 0.0203 e. The zero-order valence-corrected chi connectivity index (χ0v) is 12.5. The van der Waals surface area contributed by atoms with Crippen LogP contribution in [0.25, 0.3) is 0 Å². The number of hydrogen-bond donors (Lipinski definition) is 0. The number of piperazine rings is 1. The highest BCUT2D eigenvalue weighted by molar-refractivity contribution is 4.95. The summed E-state index contributed by atoms with van der Waals surface area (Å²) in [5, 5.41) is 0. The van der Waals surface area contributed by atoms with Crippen molar-refractivity contribution in [3.05, 3.63) is 0 Å². The van der Waals surface area contributed by atoms with Gasteiger partial charge in [0, 0.05) is 36.3 Å².